The predicted octanol–water partition coefficient (Wildman–Crippen LogP) is 4.12. The topological polar surface area (TPSA) is 77.9 Å². The Morgan fingerprint density at radius 1 is 1.29 bits per heavy atom. The van der Waals surface area contributed by atoms with Crippen LogP contribution in [0.1, 0.15) is 25.0 Å². The number of methoxy groups -OCH3 is 1. The predicted molar refractivity (Wildman–Crippen MR) is 125 cm³/mol. The van der Waals surface area contributed by atoms with Crippen LogP contribution in [-0.2, 0) is 11.3 Å². The van der Waals surface area contributed by atoms with E-state index in [9.17, 15) is 0 Å². The van der Waals surface area contributed by atoms with Gasteiger partial charge in [-0.2, -0.15) is 5.10 Å². The van der Waals surface area contributed by atoms with Gasteiger partial charge < -0.3 is 15.2 Å². The van der Waals surface area contributed by atoms with Gasteiger partial charge in [-0.1, -0.05) is 6.07 Å². The van der Waals surface area contributed by atoms with Crippen LogP contribution in [0.3, 0.4) is 0 Å². The quantitative estimate of drug-likeness (QED) is 0.517. The number of thiophene rings is 1. The van der Waals surface area contributed by atoms with Crippen molar-refractivity contribution in [3.63, 3.8) is 0 Å². The number of anilines is 1. The number of hydrogen-bond acceptors (Lipinski definition) is 7. The molecule has 31 heavy (non-hydrogen) atoms. The van der Waals surface area contributed by atoms with Gasteiger partial charge in [0.1, 0.15) is 17.6 Å². The summed E-state index contributed by atoms with van der Waals surface area (Å²) in [6.07, 6.45) is 3.59. The Labute approximate surface area is 185 Å². The lowest BCUT2D eigenvalue weighted by atomic mass is 10.0. The van der Waals surface area contributed by atoms with Crippen molar-refractivity contribution in [3.05, 3.63) is 41.9 Å². The second-order valence-electron chi connectivity index (χ2n) is 8.78. The second kappa shape index (κ2) is 7.47. The van der Waals surface area contributed by atoms with E-state index < -0.39 is 0 Å². The fourth-order valence-corrected chi connectivity index (χ4v) is 5.72. The summed E-state index contributed by atoms with van der Waals surface area (Å²) >= 11 is 1.72. The van der Waals surface area contributed by atoms with Crippen LogP contribution in [-0.4, -0.2) is 51.9 Å². The summed E-state index contributed by atoms with van der Waals surface area (Å²) in [6.45, 7) is 9.67. The van der Waals surface area contributed by atoms with Gasteiger partial charge in [0.25, 0.3) is 0 Å². The standard InChI is InChI=1S/C23H27N5O2S/c1-14-7-15-9-18(31-21(15)17(8-14)29-4)19-16(10-27-5-6-30-23(2,3)12-27)11-28-20(19)22(24)25-13-26-28/h7-9,11,13H,5-6,10,12H2,1-4H3,(H2,24,25,26). The summed E-state index contributed by atoms with van der Waals surface area (Å²) in [5.41, 5.74) is 10.5. The van der Waals surface area contributed by atoms with Crippen LogP contribution in [0.25, 0.3) is 26.0 Å². The number of ether oxygens (including phenoxy) is 2. The molecule has 1 fully saturated rings. The summed E-state index contributed by atoms with van der Waals surface area (Å²) in [5, 5.41) is 5.61. The monoisotopic (exact) mass is 437 g/mol. The number of hydrogen-bond donors (Lipinski definition) is 1. The minimum absolute atomic E-state index is 0.154. The number of morpholine rings is 1. The van der Waals surface area contributed by atoms with Crippen molar-refractivity contribution in [2.45, 2.75) is 32.9 Å². The molecule has 0 spiro atoms. The zero-order valence-electron chi connectivity index (χ0n) is 18.3. The highest BCUT2D eigenvalue weighted by molar-refractivity contribution is 7.22. The van der Waals surface area contributed by atoms with Crippen LogP contribution in [0.2, 0.25) is 0 Å². The average molecular weight is 438 g/mol. The van der Waals surface area contributed by atoms with E-state index in [1.807, 2.05) is 4.52 Å². The second-order valence-corrected chi connectivity index (χ2v) is 9.83. The largest absolute Gasteiger partial charge is 0.495 e. The molecule has 0 aliphatic carbocycles. The Morgan fingerprint density at radius 3 is 2.90 bits per heavy atom. The summed E-state index contributed by atoms with van der Waals surface area (Å²) in [7, 11) is 1.72. The number of nitrogen functional groups attached to an aromatic ring is 1. The Balaban J connectivity index is 1.67. The molecule has 4 aromatic rings. The highest BCUT2D eigenvalue weighted by atomic mass is 32.1. The van der Waals surface area contributed by atoms with Crippen LogP contribution >= 0.6 is 11.3 Å². The van der Waals surface area contributed by atoms with E-state index in [1.165, 1.54) is 22.8 Å². The molecule has 0 amide bonds. The lowest BCUT2D eigenvalue weighted by Crippen LogP contribution is -2.47. The fourth-order valence-electron chi connectivity index (χ4n) is 4.51. The molecule has 1 aliphatic heterocycles. The van der Waals surface area contributed by atoms with Gasteiger partial charge in [0.15, 0.2) is 5.82 Å². The number of benzene rings is 1. The molecule has 162 valence electrons. The van der Waals surface area contributed by atoms with Gasteiger partial charge in [0.2, 0.25) is 0 Å². The average Bonchev–Trinajstić information content (AvgIpc) is 3.28. The van der Waals surface area contributed by atoms with Gasteiger partial charge in [-0.05, 0) is 49.4 Å². The highest BCUT2D eigenvalue weighted by Crippen LogP contribution is 2.43. The lowest BCUT2D eigenvalue weighted by molar-refractivity contribution is -0.0882. The third-order valence-corrected chi connectivity index (χ3v) is 6.96. The van der Waals surface area contributed by atoms with Gasteiger partial charge in [-0.25, -0.2) is 9.50 Å². The number of nitrogens with zero attached hydrogens (tertiary/aromatic N) is 4. The molecule has 5 rings (SSSR count). The smallest absolute Gasteiger partial charge is 0.152 e. The molecule has 8 heteroatoms. The normalized spacial score (nSPS) is 16.9. The van der Waals surface area contributed by atoms with Crippen LogP contribution in [0, 0.1) is 6.92 Å². The van der Waals surface area contributed by atoms with E-state index >= 15 is 0 Å². The molecule has 0 atom stereocenters. The maximum atomic E-state index is 6.33. The van der Waals surface area contributed by atoms with Gasteiger partial charge >= 0.3 is 0 Å². The van der Waals surface area contributed by atoms with Crippen molar-refractivity contribution in [1.82, 2.24) is 19.5 Å². The van der Waals surface area contributed by atoms with Crippen LogP contribution in [0.4, 0.5) is 5.82 Å². The molecule has 2 N–H and O–H groups in total. The van der Waals surface area contributed by atoms with E-state index in [0.29, 0.717) is 5.82 Å². The number of aryl methyl sites for hydroxylation is 1. The number of rotatable bonds is 4. The minimum Gasteiger partial charge on any atom is -0.495 e. The van der Waals surface area contributed by atoms with Gasteiger partial charge in [0.05, 0.1) is 24.0 Å². The Kier molecular flexibility index (Phi) is 4.88. The summed E-state index contributed by atoms with van der Waals surface area (Å²) in [5.74, 6) is 1.38. The van der Waals surface area contributed by atoms with Crippen molar-refractivity contribution in [1.29, 1.82) is 0 Å². The molecule has 0 bridgehead atoms. The van der Waals surface area contributed by atoms with Crippen molar-refractivity contribution in [2.24, 2.45) is 0 Å². The number of fused-ring (bicyclic) bond motifs is 2. The Morgan fingerprint density at radius 2 is 2.13 bits per heavy atom. The third-order valence-electron chi connectivity index (χ3n) is 5.77. The zero-order valence-corrected chi connectivity index (χ0v) is 19.1. The third kappa shape index (κ3) is 3.64. The van der Waals surface area contributed by atoms with Crippen LogP contribution in [0.15, 0.2) is 30.7 Å². The van der Waals surface area contributed by atoms with Crippen molar-refractivity contribution < 1.29 is 9.47 Å². The van der Waals surface area contributed by atoms with E-state index in [-0.39, 0.29) is 5.60 Å². The maximum Gasteiger partial charge on any atom is 0.152 e. The molecule has 0 radical (unpaired) electrons. The van der Waals surface area contributed by atoms with Gasteiger partial charge in [-0.15, -0.1) is 11.3 Å². The van der Waals surface area contributed by atoms with Gasteiger partial charge in [-0.3, -0.25) is 4.90 Å². The first-order chi connectivity index (χ1) is 14.8. The molecule has 1 saturated heterocycles. The summed E-state index contributed by atoms with van der Waals surface area (Å²) in [4.78, 5) is 7.85. The highest BCUT2D eigenvalue weighted by Gasteiger charge is 2.29. The van der Waals surface area contributed by atoms with Crippen molar-refractivity contribution in [3.8, 4) is 16.2 Å². The summed E-state index contributed by atoms with van der Waals surface area (Å²) < 4.78 is 14.5. The van der Waals surface area contributed by atoms with E-state index in [1.54, 1.807) is 18.4 Å². The molecule has 1 aliphatic rings. The van der Waals surface area contributed by atoms with Crippen LogP contribution < -0.4 is 10.5 Å². The first kappa shape index (κ1) is 20.2. The van der Waals surface area contributed by atoms with E-state index in [0.717, 1.165) is 52.6 Å². The van der Waals surface area contributed by atoms with E-state index in [2.05, 4.69) is 60.1 Å². The first-order valence-corrected chi connectivity index (χ1v) is 11.2. The van der Waals surface area contributed by atoms with E-state index in [4.69, 9.17) is 15.2 Å². The molecule has 3 aromatic heterocycles. The molecule has 4 heterocycles. The van der Waals surface area contributed by atoms with Crippen LogP contribution in [0.5, 0.6) is 5.75 Å². The molecular formula is C23H27N5O2S. The first-order valence-electron chi connectivity index (χ1n) is 10.4. The molecule has 1 aromatic carbocycles. The fraction of sp³-hybridized carbons (Fsp3) is 0.391. The number of nitrogens with two attached hydrogens (primary N) is 1. The maximum absolute atomic E-state index is 6.33. The van der Waals surface area contributed by atoms with Crippen molar-refractivity contribution >= 4 is 32.8 Å². The van der Waals surface area contributed by atoms with Gasteiger partial charge in [0, 0.05) is 36.3 Å². The lowest BCUT2D eigenvalue weighted by Gasteiger charge is -2.38. The zero-order chi connectivity index (χ0) is 21.8. The Bertz CT molecular complexity index is 1280. The SMILES string of the molecule is COc1cc(C)cc2cc(-c3c(CN4CCOC(C)(C)C4)cn4ncnc(N)c34)sc12. The number of aromatic nitrogens is 3. The Hall–Kier alpha value is -2.68. The molecular weight excluding hydrogens is 410 g/mol. The summed E-state index contributed by atoms with van der Waals surface area (Å²) in [6, 6.07) is 6.50. The van der Waals surface area contributed by atoms with Crippen molar-refractivity contribution in [2.75, 3.05) is 32.5 Å². The molecule has 7 nitrogen and oxygen atoms in total. The molecule has 0 saturated carbocycles. The minimum atomic E-state index is -0.154. The molecule has 0 unspecified atom stereocenters.